The molecule has 0 saturated heterocycles. The van der Waals surface area contributed by atoms with E-state index in [0.29, 0.717) is 0 Å². The maximum Gasteiger partial charge on any atom is 0.0718 e. The van der Waals surface area contributed by atoms with Crippen molar-refractivity contribution in [2.75, 3.05) is 0 Å². The van der Waals surface area contributed by atoms with Crippen LogP contribution in [0.2, 0.25) is 0 Å². The summed E-state index contributed by atoms with van der Waals surface area (Å²) in [7, 11) is 0. The fraction of sp³-hybridized carbons (Fsp3) is 0.438. The van der Waals surface area contributed by atoms with Crippen LogP contribution in [0.1, 0.15) is 41.9 Å². The van der Waals surface area contributed by atoms with Crippen molar-refractivity contribution in [1.82, 2.24) is 9.78 Å². The van der Waals surface area contributed by atoms with Crippen LogP contribution in [0.25, 0.3) is 5.69 Å². The number of aliphatic hydroxyl groups excluding tert-OH is 1. The Morgan fingerprint density at radius 2 is 1.75 bits per heavy atom. The molecule has 1 aromatic carbocycles. The molecule has 4 heteroatoms. The van der Waals surface area contributed by atoms with Gasteiger partial charge in [-0.3, -0.25) is 0 Å². The summed E-state index contributed by atoms with van der Waals surface area (Å²) >= 11 is 3.60. The number of aryl methyl sites for hydroxylation is 3. The molecule has 0 fully saturated rings. The van der Waals surface area contributed by atoms with E-state index in [1.807, 2.05) is 4.68 Å². The first-order valence-corrected chi connectivity index (χ1v) is 7.80. The number of halogens is 1. The zero-order valence-electron chi connectivity index (χ0n) is 12.5. The summed E-state index contributed by atoms with van der Waals surface area (Å²) in [4.78, 5) is 0. The lowest BCUT2D eigenvalue weighted by molar-refractivity contribution is 0.279. The second-order valence-electron chi connectivity index (χ2n) is 5.04. The third kappa shape index (κ3) is 2.54. The molecule has 0 radical (unpaired) electrons. The zero-order chi connectivity index (χ0) is 14.9. The number of aliphatic hydroxyl groups is 1. The van der Waals surface area contributed by atoms with Gasteiger partial charge in [-0.1, -0.05) is 29.8 Å². The van der Waals surface area contributed by atoms with E-state index in [0.717, 1.165) is 40.0 Å². The number of hydrogen-bond acceptors (Lipinski definition) is 2. The highest BCUT2D eigenvalue weighted by atomic mass is 79.9. The maximum atomic E-state index is 9.61. The molecule has 1 aromatic heterocycles. The van der Waals surface area contributed by atoms with E-state index < -0.39 is 0 Å². The van der Waals surface area contributed by atoms with Crippen molar-refractivity contribution in [3.8, 4) is 5.69 Å². The molecule has 2 rings (SSSR count). The number of rotatable bonds is 4. The molecule has 3 nitrogen and oxygen atoms in total. The fourth-order valence-electron chi connectivity index (χ4n) is 2.62. The van der Waals surface area contributed by atoms with Crippen LogP contribution >= 0.6 is 15.9 Å². The fourth-order valence-corrected chi connectivity index (χ4v) is 2.85. The van der Waals surface area contributed by atoms with Gasteiger partial charge in [0.2, 0.25) is 0 Å². The van der Waals surface area contributed by atoms with Crippen LogP contribution < -0.4 is 0 Å². The van der Waals surface area contributed by atoms with Crippen LogP contribution in [-0.2, 0) is 19.4 Å². The van der Waals surface area contributed by atoms with Crippen LogP contribution in [0, 0.1) is 13.8 Å². The Morgan fingerprint density at radius 1 is 1.15 bits per heavy atom. The van der Waals surface area contributed by atoms with E-state index >= 15 is 0 Å². The van der Waals surface area contributed by atoms with Crippen molar-refractivity contribution in [2.45, 2.75) is 47.1 Å². The summed E-state index contributed by atoms with van der Waals surface area (Å²) in [5.41, 5.74) is 6.53. The second-order valence-corrected chi connectivity index (χ2v) is 5.84. The highest BCUT2D eigenvalue weighted by Gasteiger charge is 2.16. The lowest BCUT2D eigenvalue weighted by atomic mass is 10.1. The van der Waals surface area contributed by atoms with E-state index in [4.69, 9.17) is 5.10 Å². The topological polar surface area (TPSA) is 38.0 Å². The van der Waals surface area contributed by atoms with Gasteiger partial charge in [-0.15, -0.1) is 0 Å². The standard InChI is InChI=1S/C16H21BrN2O/c1-5-14-13(9-20)15(6-2)19(18-14)12-7-10(3)16(17)11(4)8-12/h7-8,20H,5-6,9H2,1-4H3. The number of benzene rings is 1. The molecule has 0 spiro atoms. The van der Waals surface area contributed by atoms with E-state index in [2.05, 4.69) is 55.8 Å². The molecule has 108 valence electrons. The van der Waals surface area contributed by atoms with E-state index in [1.54, 1.807) is 0 Å². The largest absolute Gasteiger partial charge is 0.392 e. The van der Waals surface area contributed by atoms with Crippen LogP contribution in [0.3, 0.4) is 0 Å². The van der Waals surface area contributed by atoms with Crippen molar-refractivity contribution < 1.29 is 5.11 Å². The zero-order valence-corrected chi connectivity index (χ0v) is 14.1. The van der Waals surface area contributed by atoms with Crippen molar-refractivity contribution in [2.24, 2.45) is 0 Å². The third-order valence-corrected chi connectivity index (χ3v) is 4.92. The Kier molecular flexibility index (Phi) is 4.66. The molecule has 0 aliphatic heterocycles. The average Bonchev–Trinajstić information content (AvgIpc) is 2.81. The monoisotopic (exact) mass is 336 g/mol. The highest BCUT2D eigenvalue weighted by Crippen LogP contribution is 2.27. The van der Waals surface area contributed by atoms with Gasteiger partial charge in [-0.05, 0) is 49.9 Å². The van der Waals surface area contributed by atoms with Crippen LogP contribution in [0.15, 0.2) is 16.6 Å². The Balaban J connectivity index is 2.66. The summed E-state index contributed by atoms with van der Waals surface area (Å²) in [6.45, 7) is 8.40. The quantitative estimate of drug-likeness (QED) is 0.920. The number of nitrogens with zero attached hydrogens (tertiary/aromatic N) is 2. The Labute approximate surface area is 128 Å². The molecule has 0 atom stereocenters. The lowest BCUT2D eigenvalue weighted by Crippen LogP contribution is -2.04. The molecule has 20 heavy (non-hydrogen) atoms. The second kappa shape index (κ2) is 6.10. The van der Waals surface area contributed by atoms with Gasteiger partial charge in [0.25, 0.3) is 0 Å². The van der Waals surface area contributed by atoms with Gasteiger partial charge in [0, 0.05) is 15.7 Å². The SMILES string of the molecule is CCc1nn(-c2cc(C)c(Br)c(C)c2)c(CC)c1CO. The van der Waals surface area contributed by atoms with Gasteiger partial charge in [0.15, 0.2) is 0 Å². The summed E-state index contributed by atoms with van der Waals surface area (Å²) in [5, 5.41) is 14.3. The van der Waals surface area contributed by atoms with E-state index in [1.165, 1.54) is 11.1 Å². The minimum atomic E-state index is 0.0564. The summed E-state index contributed by atoms with van der Waals surface area (Å²) < 4.78 is 3.13. The predicted molar refractivity (Wildman–Crippen MR) is 85.4 cm³/mol. The molecule has 0 aliphatic rings. The molecule has 0 amide bonds. The molecule has 0 bridgehead atoms. The Bertz CT molecular complexity index is 609. The Morgan fingerprint density at radius 3 is 2.20 bits per heavy atom. The third-order valence-electron chi connectivity index (χ3n) is 3.67. The normalized spacial score (nSPS) is 11.1. The first-order valence-electron chi connectivity index (χ1n) is 7.01. The van der Waals surface area contributed by atoms with Gasteiger partial charge in [0.05, 0.1) is 18.0 Å². The predicted octanol–water partition coefficient (Wildman–Crippen LogP) is 3.87. The van der Waals surface area contributed by atoms with Gasteiger partial charge < -0.3 is 5.11 Å². The van der Waals surface area contributed by atoms with Crippen LogP contribution in [0.5, 0.6) is 0 Å². The molecule has 2 aromatic rings. The lowest BCUT2D eigenvalue weighted by Gasteiger charge is -2.11. The first kappa shape index (κ1) is 15.3. The molecule has 1 N–H and O–H groups in total. The molecule has 0 unspecified atom stereocenters. The highest BCUT2D eigenvalue weighted by molar-refractivity contribution is 9.10. The van der Waals surface area contributed by atoms with Crippen molar-refractivity contribution in [3.63, 3.8) is 0 Å². The van der Waals surface area contributed by atoms with Gasteiger partial charge in [0.1, 0.15) is 0 Å². The Hall–Kier alpha value is -1.13. The molecular weight excluding hydrogens is 316 g/mol. The molecule has 0 aliphatic carbocycles. The number of hydrogen-bond donors (Lipinski definition) is 1. The molecule has 1 heterocycles. The van der Waals surface area contributed by atoms with Gasteiger partial charge >= 0.3 is 0 Å². The van der Waals surface area contributed by atoms with Gasteiger partial charge in [-0.2, -0.15) is 5.10 Å². The minimum Gasteiger partial charge on any atom is -0.392 e. The summed E-state index contributed by atoms with van der Waals surface area (Å²) in [5.74, 6) is 0. The number of aromatic nitrogens is 2. The van der Waals surface area contributed by atoms with Crippen LogP contribution in [-0.4, -0.2) is 14.9 Å². The average molecular weight is 337 g/mol. The summed E-state index contributed by atoms with van der Waals surface area (Å²) in [6, 6.07) is 4.26. The maximum absolute atomic E-state index is 9.61. The molecular formula is C16H21BrN2O. The molecule has 0 saturated carbocycles. The first-order chi connectivity index (χ1) is 9.53. The van der Waals surface area contributed by atoms with Crippen molar-refractivity contribution in [3.05, 3.63) is 44.7 Å². The smallest absolute Gasteiger partial charge is 0.0718 e. The van der Waals surface area contributed by atoms with E-state index in [-0.39, 0.29) is 6.61 Å². The van der Waals surface area contributed by atoms with Crippen molar-refractivity contribution in [1.29, 1.82) is 0 Å². The minimum absolute atomic E-state index is 0.0564. The van der Waals surface area contributed by atoms with Crippen molar-refractivity contribution >= 4 is 15.9 Å². The van der Waals surface area contributed by atoms with E-state index in [9.17, 15) is 5.11 Å². The van der Waals surface area contributed by atoms with Crippen LogP contribution in [0.4, 0.5) is 0 Å². The summed E-state index contributed by atoms with van der Waals surface area (Å²) in [6.07, 6.45) is 1.70. The van der Waals surface area contributed by atoms with Gasteiger partial charge in [-0.25, -0.2) is 4.68 Å².